The van der Waals surface area contributed by atoms with Gasteiger partial charge in [0.1, 0.15) is 4.08 Å². The molecule has 2 aromatic rings. The topological polar surface area (TPSA) is 0 Å². The van der Waals surface area contributed by atoms with Crippen molar-refractivity contribution in [3.8, 4) is 0 Å². The summed E-state index contributed by atoms with van der Waals surface area (Å²) in [5.74, 6) is 2.44. The Morgan fingerprint density at radius 3 is 2.00 bits per heavy atom. The highest BCUT2D eigenvalue weighted by Crippen LogP contribution is 2.53. The van der Waals surface area contributed by atoms with Gasteiger partial charge in [-0.25, -0.2) is 0 Å². The van der Waals surface area contributed by atoms with E-state index in [-0.39, 0.29) is 4.08 Å². The van der Waals surface area contributed by atoms with Gasteiger partial charge in [0, 0.05) is 11.5 Å². The van der Waals surface area contributed by atoms with Crippen LogP contribution in [0.4, 0.5) is 0 Å². The highest BCUT2D eigenvalue weighted by Gasteiger charge is 2.34. The molecule has 0 spiro atoms. The summed E-state index contributed by atoms with van der Waals surface area (Å²) in [6.45, 7) is 0. The zero-order chi connectivity index (χ0) is 13.0. The number of hydrogen-bond donors (Lipinski definition) is 0. The molecular weight excluding hydrogens is 268 g/mol. The number of hydrogen-bond acceptors (Lipinski definition) is 2. The molecule has 0 aliphatic carbocycles. The van der Waals surface area contributed by atoms with Crippen molar-refractivity contribution in [1.29, 1.82) is 0 Å². The van der Waals surface area contributed by atoms with Gasteiger partial charge >= 0.3 is 0 Å². The zero-order valence-electron chi connectivity index (χ0n) is 10.7. The fourth-order valence-corrected chi connectivity index (χ4v) is 5.27. The Balaban J connectivity index is 1.92. The summed E-state index contributed by atoms with van der Waals surface area (Å²) in [7, 11) is 0. The minimum absolute atomic E-state index is 0.0943. The summed E-state index contributed by atoms with van der Waals surface area (Å²) in [4.78, 5) is 0. The number of thioether (sulfide) groups is 2. The van der Waals surface area contributed by atoms with E-state index in [2.05, 4.69) is 72.8 Å². The van der Waals surface area contributed by atoms with E-state index in [1.165, 1.54) is 22.6 Å². The van der Waals surface area contributed by atoms with Crippen molar-refractivity contribution >= 4 is 29.6 Å². The third-order valence-corrected chi connectivity index (χ3v) is 6.57. The first kappa shape index (κ1) is 12.9. The van der Waals surface area contributed by atoms with Gasteiger partial charge in [-0.15, -0.1) is 23.5 Å². The molecule has 0 saturated carbocycles. The van der Waals surface area contributed by atoms with Crippen molar-refractivity contribution in [1.82, 2.24) is 0 Å². The molecule has 0 N–H and O–H groups in total. The zero-order valence-corrected chi connectivity index (χ0v) is 12.3. The Labute approximate surface area is 123 Å². The van der Waals surface area contributed by atoms with Crippen molar-refractivity contribution in [2.45, 2.75) is 4.08 Å². The summed E-state index contributed by atoms with van der Waals surface area (Å²) in [6, 6.07) is 21.4. The molecule has 2 aromatic carbocycles. The van der Waals surface area contributed by atoms with Crippen LogP contribution in [0.2, 0.25) is 0 Å². The Morgan fingerprint density at radius 1 is 0.789 bits per heavy atom. The van der Waals surface area contributed by atoms with Gasteiger partial charge in [0.05, 0.1) is 0 Å². The summed E-state index contributed by atoms with van der Waals surface area (Å²) < 4.78 is 0.0943. The number of benzene rings is 2. The minimum atomic E-state index is 0.0943. The Kier molecular flexibility index (Phi) is 4.00. The fourth-order valence-electron chi connectivity index (χ4n) is 2.23. The molecule has 3 rings (SSSR count). The van der Waals surface area contributed by atoms with Crippen molar-refractivity contribution < 1.29 is 0 Å². The SMILES string of the molecule is C(=C\C1(c2ccccc2)SCCS1)/c1ccccc1. The van der Waals surface area contributed by atoms with Crippen molar-refractivity contribution in [2.75, 3.05) is 11.5 Å². The first-order valence-corrected chi connectivity index (χ1v) is 8.44. The monoisotopic (exact) mass is 284 g/mol. The van der Waals surface area contributed by atoms with E-state index in [1.54, 1.807) is 0 Å². The lowest BCUT2D eigenvalue weighted by atomic mass is 10.1. The van der Waals surface area contributed by atoms with E-state index in [0.717, 1.165) is 0 Å². The van der Waals surface area contributed by atoms with Gasteiger partial charge < -0.3 is 0 Å². The molecule has 1 fully saturated rings. The van der Waals surface area contributed by atoms with Crippen LogP contribution in [-0.2, 0) is 4.08 Å². The van der Waals surface area contributed by atoms with Crippen LogP contribution in [0.25, 0.3) is 6.08 Å². The summed E-state index contributed by atoms with van der Waals surface area (Å²) in [5.41, 5.74) is 2.67. The number of rotatable bonds is 3. The van der Waals surface area contributed by atoms with E-state index < -0.39 is 0 Å². The summed E-state index contributed by atoms with van der Waals surface area (Å²) in [6.07, 6.45) is 4.61. The summed E-state index contributed by atoms with van der Waals surface area (Å²) >= 11 is 4.08. The second-order valence-corrected chi connectivity index (χ2v) is 7.41. The van der Waals surface area contributed by atoms with Crippen LogP contribution >= 0.6 is 23.5 Å². The minimum Gasteiger partial charge on any atom is -0.134 e. The fraction of sp³-hybridized carbons (Fsp3) is 0.176. The molecule has 0 radical (unpaired) electrons. The quantitative estimate of drug-likeness (QED) is 0.775. The maximum absolute atomic E-state index is 2.36. The van der Waals surface area contributed by atoms with Gasteiger partial charge in [0.2, 0.25) is 0 Å². The highest BCUT2D eigenvalue weighted by atomic mass is 32.2. The molecule has 1 saturated heterocycles. The molecule has 1 aliphatic rings. The second-order valence-electron chi connectivity index (χ2n) is 4.47. The molecule has 0 unspecified atom stereocenters. The average Bonchev–Trinajstić information content (AvgIpc) is 2.97. The second kappa shape index (κ2) is 5.89. The average molecular weight is 284 g/mol. The maximum Gasteiger partial charge on any atom is 0.105 e. The van der Waals surface area contributed by atoms with E-state index >= 15 is 0 Å². The normalized spacial score (nSPS) is 17.9. The van der Waals surface area contributed by atoms with Gasteiger partial charge in [0.15, 0.2) is 0 Å². The third kappa shape index (κ3) is 2.90. The lowest BCUT2D eigenvalue weighted by Crippen LogP contribution is -2.10. The Morgan fingerprint density at radius 2 is 1.37 bits per heavy atom. The molecule has 2 heteroatoms. The van der Waals surface area contributed by atoms with Gasteiger partial charge in [-0.1, -0.05) is 72.8 Å². The molecule has 1 heterocycles. The van der Waals surface area contributed by atoms with Crippen LogP contribution < -0.4 is 0 Å². The highest BCUT2D eigenvalue weighted by molar-refractivity contribution is 8.20. The van der Waals surface area contributed by atoms with E-state index in [4.69, 9.17) is 0 Å². The maximum atomic E-state index is 2.36. The van der Waals surface area contributed by atoms with Crippen LogP contribution in [0.15, 0.2) is 66.7 Å². The van der Waals surface area contributed by atoms with Crippen LogP contribution in [0.5, 0.6) is 0 Å². The molecule has 0 atom stereocenters. The van der Waals surface area contributed by atoms with Crippen molar-refractivity contribution in [3.05, 3.63) is 77.9 Å². The van der Waals surface area contributed by atoms with Crippen molar-refractivity contribution in [3.63, 3.8) is 0 Å². The van der Waals surface area contributed by atoms with Crippen LogP contribution in [-0.4, -0.2) is 11.5 Å². The van der Waals surface area contributed by atoms with Gasteiger partial charge in [-0.05, 0) is 11.1 Å². The molecule has 1 aliphatic heterocycles. The van der Waals surface area contributed by atoms with Crippen molar-refractivity contribution in [2.24, 2.45) is 0 Å². The predicted octanol–water partition coefficient (Wildman–Crippen LogP) is 5.03. The van der Waals surface area contributed by atoms with E-state index in [0.29, 0.717) is 0 Å². The van der Waals surface area contributed by atoms with Gasteiger partial charge in [-0.3, -0.25) is 0 Å². The lowest BCUT2D eigenvalue weighted by molar-refractivity contribution is 1.16. The lowest BCUT2D eigenvalue weighted by Gasteiger charge is -2.24. The standard InChI is InChI=1S/C17H16S2/c1-3-7-15(8-4-1)11-12-17(18-13-14-19-17)16-9-5-2-6-10-16/h1-12H,13-14H2/b12-11+. The smallest absolute Gasteiger partial charge is 0.105 e. The molecule has 0 amide bonds. The predicted molar refractivity (Wildman–Crippen MR) is 88.5 cm³/mol. The Hall–Kier alpha value is -1.12. The van der Waals surface area contributed by atoms with E-state index in [9.17, 15) is 0 Å². The Bertz CT molecular complexity index is 540. The third-order valence-electron chi connectivity index (χ3n) is 3.19. The molecule has 0 bridgehead atoms. The molecule has 0 aromatic heterocycles. The van der Waals surface area contributed by atoms with Gasteiger partial charge in [-0.2, -0.15) is 0 Å². The molecular formula is C17H16S2. The molecule has 0 nitrogen and oxygen atoms in total. The first-order valence-electron chi connectivity index (χ1n) is 6.47. The van der Waals surface area contributed by atoms with Crippen LogP contribution in [0.1, 0.15) is 11.1 Å². The van der Waals surface area contributed by atoms with Gasteiger partial charge in [0.25, 0.3) is 0 Å². The van der Waals surface area contributed by atoms with E-state index in [1.807, 2.05) is 23.5 Å². The largest absolute Gasteiger partial charge is 0.134 e. The van der Waals surface area contributed by atoms with Crippen LogP contribution in [0, 0.1) is 0 Å². The molecule has 96 valence electrons. The first-order chi connectivity index (χ1) is 9.39. The van der Waals surface area contributed by atoms with Crippen LogP contribution in [0.3, 0.4) is 0 Å². The summed E-state index contributed by atoms with van der Waals surface area (Å²) in [5, 5.41) is 0. The molecule has 19 heavy (non-hydrogen) atoms.